The molecule has 0 bridgehead atoms. The second-order valence-electron chi connectivity index (χ2n) is 5.59. The van der Waals surface area contributed by atoms with Crippen LogP contribution in [0, 0.1) is 0 Å². The molecule has 0 radical (unpaired) electrons. The van der Waals surface area contributed by atoms with Crippen LogP contribution in [0.15, 0.2) is 36.7 Å². The third-order valence-corrected chi connectivity index (χ3v) is 4.72. The number of amides is 1. The van der Waals surface area contributed by atoms with Crippen LogP contribution in [-0.4, -0.2) is 35.6 Å². The van der Waals surface area contributed by atoms with E-state index < -0.39 is 11.7 Å². The molecule has 2 aromatic heterocycles. The normalized spacial score (nSPS) is 11.8. The van der Waals surface area contributed by atoms with E-state index in [9.17, 15) is 18.0 Å². The number of thiazole rings is 1. The predicted molar refractivity (Wildman–Crippen MR) is 92.3 cm³/mol. The summed E-state index contributed by atoms with van der Waals surface area (Å²) in [4.78, 5) is 17.5. The van der Waals surface area contributed by atoms with Crippen molar-refractivity contribution in [2.24, 2.45) is 0 Å². The van der Waals surface area contributed by atoms with E-state index in [2.05, 4.69) is 10.3 Å². The van der Waals surface area contributed by atoms with E-state index in [-0.39, 0.29) is 11.6 Å². The van der Waals surface area contributed by atoms with Crippen LogP contribution in [0.3, 0.4) is 0 Å². The lowest BCUT2D eigenvalue weighted by Gasteiger charge is -2.07. The number of rotatable bonds is 6. The number of carbonyl (C=O) groups excluding carboxylic acids is 1. The van der Waals surface area contributed by atoms with Gasteiger partial charge < -0.3 is 10.1 Å². The smallest absolute Gasteiger partial charge is 0.385 e. The number of hydrogen-bond donors (Lipinski definition) is 1. The van der Waals surface area contributed by atoms with Crippen molar-refractivity contribution >= 4 is 22.2 Å². The zero-order valence-corrected chi connectivity index (χ0v) is 14.7. The van der Waals surface area contributed by atoms with Gasteiger partial charge in [0.1, 0.15) is 5.69 Å². The summed E-state index contributed by atoms with van der Waals surface area (Å²) < 4.78 is 45.1. The van der Waals surface area contributed by atoms with E-state index in [1.165, 1.54) is 17.4 Å². The fourth-order valence-electron chi connectivity index (χ4n) is 2.40. The first-order valence-electron chi connectivity index (χ1n) is 7.82. The van der Waals surface area contributed by atoms with E-state index >= 15 is 0 Å². The molecule has 3 rings (SSSR count). The number of fused-ring (bicyclic) bond motifs is 1. The van der Waals surface area contributed by atoms with Crippen LogP contribution >= 0.6 is 11.3 Å². The van der Waals surface area contributed by atoms with E-state index in [1.807, 2.05) is 0 Å². The van der Waals surface area contributed by atoms with Gasteiger partial charge in [-0.2, -0.15) is 13.2 Å². The SMILES string of the molecule is COCCCNC(=O)c1cn2cc(-c3cccc(C(F)(F)F)c3)sc2n1. The van der Waals surface area contributed by atoms with Crippen molar-refractivity contribution in [3.05, 3.63) is 47.9 Å². The molecule has 1 N–H and O–H groups in total. The summed E-state index contributed by atoms with van der Waals surface area (Å²) in [5, 5.41) is 2.74. The summed E-state index contributed by atoms with van der Waals surface area (Å²) in [6.07, 6.45) is -0.454. The van der Waals surface area contributed by atoms with E-state index in [4.69, 9.17) is 4.74 Å². The van der Waals surface area contributed by atoms with Gasteiger partial charge in [-0.1, -0.05) is 23.5 Å². The van der Waals surface area contributed by atoms with Gasteiger partial charge in [0.15, 0.2) is 4.96 Å². The molecule has 0 aliphatic heterocycles. The molecule has 1 amide bonds. The number of aromatic nitrogens is 2. The van der Waals surface area contributed by atoms with E-state index in [0.717, 1.165) is 12.1 Å². The summed E-state index contributed by atoms with van der Waals surface area (Å²) in [7, 11) is 1.59. The molecule has 138 valence electrons. The van der Waals surface area contributed by atoms with Gasteiger partial charge in [-0.15, -0.1) is 0 Å². The highest BCUT2D eigenvalue weighted by Crippen LogP contribution is 2.34. The van der Waals surface area contributed by atoms with E-state index in [1.54, 1.807) is 30.0 Å². The Bertz CT molecular complexity index is 886. The highest BCUT2D eigenvalue weighted by molar-refractivity contribution is 7.20. The number of ether oxygens (including phenoxy) is 1. The van der Waals surface area contributed by atoms with Crippen molar-refractivity contribution in [3.63, 3.8) is 0 Å². The Kier molecular flexibility index (Phi) is 5.28. The monoisotopic (exact) mass is 383 g/mol. The maximum Gasteiger partial charge on any atom is 0.416 e. The van der Waals surface area contributed by atoms with Crippen LogP contribution < -0.4 is 5.32 Å². The summed E-state index contributed by atoms with van der Waals surface area (Å²) >= 11 is 1.22. The number of methoxy groups -OCH3 is 1. The molecule has 0 aliphatic rings. The Balaban J connectivity index is 1.77. The van der Waals surface area contributed by atoms with Gasteiger partial charge in [0, 0.05) is 32.7 Å². The third kappa shape index (κ3) is 4.05. The van der Waals surface area contributed by atoms with Crippen molar-refractivity contribution < 1.29 is 22.7 Å². The molecular weight excluding hydrogens is 367 g/mol. The molecule has 0 atom stereocenters. The Morgan fingerprint density at radius 2 is 2.15 bits per heavy atom. The summed E-state index contributed by atoms with van der Waals surface area (Å²) in [6.45, 7) is 1.03. The molecular formula is C17H16F3N3O2S. The lowest BCUT2D eigenvalue weighted by atomic mass is 10.1. The highest BCUT2D eigenvalue weighted by Gasteiger charge is 2.30. The number of halogens is 3. The molecule has 0 saturated carbocycles. The Morgan fingerprint density at radius 3 is 2.85 bits per heavy atom. The van der Waals surface area contributed by atoms with Crippen molar-refractivity contribution in [1.29, 1.82) is 0 Å². The topological polar surface area (TPSA) is 55.6 Å². The van der Waals surface area contributed by atoms with Crippen LogP contribution in [0.2, 0.25) is 0 Å². The molecule has 2 heterocycles. The maximum absolute atomic E-state index is 12.9. The second kappa shape index (κ2) is 7.46. The van der Waals surface area contributed by atoms with Crippen LogP contribution in [0.1, 0.15) is 22.5 Å². The lowest BCUT2D eigenvalue weighted by Crippen LogP contribution is -2.25. The van der Waals surface area contributed by atoms with Crippen molar-refractivity contribution in [2.45, 2.75) is 12.6 Å². The highest BCUT2D eigenvalue weighted by atomic mass is 32.1. The van der Waals surface area contributed by atoms with Gasteiger partial charge in [0.05, 0.1) is 10.4 Å². The van der Waals surface area contributed by atoms with Gasteiger partial charge in [0.25, 0.3) is 5.91 Å². The van der Waals surface area contributed by atoms with Crippen LogP contribution in [0.4, 0.5) is 13.2 Å². The Morgan fingerprint density at radius 1 is 1.35 bits per heavy atom. The number of carbonyl (C=O) groups is 1. The number of nitrogens with one attached hydrogen (secondary N) is 1. The van der Waals surface area contributed by atoms with Gasteiger partial charge in [-0.3, -0.25) is 9.20 Å². The number of benzene rings is 1. The molecule has 0 spiro atoms. The second-order valence-corrected chi connectivity index (χ2v) is 6.60. The summed E-state index contributed by atoms with van der Waals surface area (Å²) in [5.41, 5.74) is 0.0299. The first-order valence-corrected chi connectivity index (χ1v) is 8.63. The molecule has 9 heteroatoms. The molecule has 0 aliphatic carbocycles. The number of imidazole rings is 1. The third-order valence-electron chi connectivity index (χ3n) is 3.67. The standard InChI is InChI=1S/C17H16F3N3O2S/c1-25-7-3-6-21-15(24)13-9-23-10-14(26-16(23)22-13)11-4-2-5-12(8-11)17(18,19)20/h2,4-5,8-10H,3,6-7H2,1H3,(H,21,24). The number of alkyl halides is 3. The van der Waals surface area contributed by atoms with Crippen LogP contribution in [0.25, 0.3) is 15.4 Å². The maximum atomic E-state index is 12.9. The van der Waals surface area contributed by atoms with Crippen molar-refractivity contribution in [3.8, 4) is 10.4 Å². The minimum Gasteiger partial charge on any atom is -0.385 e. The molecule has 1 aromatic carbocycles. The quantitative estimate of drug-likeness (QED) is 0.658. The molecule has 0 saturated heterocycles. The minimum atomic E-state index is -4.39. The lowest BCUT2D eigenvalue weighted by molar-refractivity contribution is -0.137. The summed E-state index contributed by atoms with van der Waals surface area (Å²) in [5.74, 6) is -0.294. The Hall–Kier alpha value is -2.39. The molecule has 0 unspecified atom stereocenters. The predicted octanol–water partition coefficient (Wildman–Crippen LogP) is 3.85. The summed E-state index contributed by atoms with van der Waals surface area (Å²) in [6, 6.07) is 5.13. The van der Waals surface area contributed by atoms with Crippen LogP contribution in [-0.2, 0) is 10.9 Å². The molecule has 0 fully saturated rings. The minimum absolute atomic E-state index is 0.268. The average molecular weight is 383 g/mol. The fourth-order valence-corrected chi connectivity index (χ4v) is 3.36. The molecule has 3 aromatic rings. The van der Waals surface area contributed by atoms with Gasteiger partial charge >= 0.3 is 6.18 Å². The zero-order chi connectivity index (χ0) is 18.7. The molecule has 5 nitrogen and oxygen atoms in total. The van der Waals surface area contributed by atoms with E-state index in [0.29, 0.717) is 35.0 Å². The zero-order valence-electron chi connectivity index (χ0n) is 13.8. The average Bonchev–Trinajstić information content (AvgIpc) is 3.17. The largest absolute Gasteiger partial charge is 0.416 e. The van der Waals surface area contributed by atoms with Crippen LogP contribution in [0.5, 0.6) is 0 Å². The van der Waals surface area contributed by atoms with Crippen molar-refractivity contribution in [1.82, 2.24) is 14.7 Å². The number of hydrogen-bond acceptors (Lipinski definition) is 4. The van der Waals surface area contributed by atoms with Gasteiger partial charge in [-0.05, 0) is 24.1 Å². The molecule has 26 heavy (non-hydrogen) atoms. The van der Waals surface area contributed by atoms with Gasteiger partial charge in [0.2, 0.25) is 0 Å². The first-order chi connectivity index (χ1) is 12.4. The van der Waals surface area contributed by atoms with Gasteiger partial charge in [-0.25, -0.2) is 4.98 Å². The fraction of sp³-hybridized carbons (Fsp3) is 0.294. The first kappa shape index (κ1) is 18.4. The Labute approximate surface area is 151 Å². The number of nitrogens with zero attached hydrogens (tertiary/aromatic N) is 2. The van der Waals surface area contributed by atoms with Crippen molar-refractivity contribution in [2.75, 3.05) is 20.3 Å².